The van der Waals surface area contributed by atoms with Crippen molar-refractivity contribution in [1.29, 1.82) is 0 Å². The summed E-state index contributed by atoms with van der Waals surface area (Å²) >= 11 is 3.41. The average molecular weight is 295 g/mol. The van der Waals surface area contributed by atoms with Crippen LogP contribution in [0.25, 0.3) is 11.1 Å². The minimum Gasteiger partial charge on any atom is -0.497 e. The van der Waals surface area contributed by atoms with Gasteiger partial charge in [0.25, 0.3) is 0 Å². The van der Waals surface area contributed by atoms with E-state index in [9.17, 15) is 4.39 Å². The minimum atomic E-state index is -0.237. The molecule has 17 heavy (non-hydrogen) atoms. The summed E-state index contributed by atoms with van der Waals surface area (Å²) in [5.74, 6) is 0.421. The molecule has 88 valence electrons. The molecular weight excluding hydrogens is 283 g/mol. The molecule has 0 spiro atoms. The number of rotatable bonds is 3. The van der Waals surface area contributed by atoms with Gasteiger partial charge < -0.3 is 4.74 Å². The second-order valence-corrected chi connectivity index (χ2v) is 4.20. The van der Waals surface area contributed by atoms with E-state index in [1.54, 1.807) is 19.2 Å². The van der Waals surface area contributed by atoms with Crippen LogP contribution in [-0.4, -0.2) is 7.11 Å². The zero-order valence-corrected chi connectivity index (χ0v) is 11.0. The van der Waals surface area contributed by atoms with E-state index in [2.05, 4.69) is 15.9 Å². The third-order valence-corrected chi connectivity index (χ3v) is 3.23. The molecule has 0 aliphatic rings. The number of halogens is 2. The highest BCUT2D eigenvalue weighted by atomic mass is 79.9. The van der Waals surface area contributed by atoms with Crippen LogP contribution in [-0.2, 0) is 5.33 Å². The molecule has 0 atom stereocenters. The minimum absolute atomic E-state index is 0.237. The van der Waals surface area contributed by atoms with E-state index in [4.69, 9.17) is 4.74 Å². The summed E-state index contributed by atoms with van der Waals surface area (Å²) in [6.07, 6.45) is 0. The fourth-order valence-electron chi connectivity index (χ4n) is 1.74. The normalized spacial score (nSPS) is 10.3. The van der Waals surface area contributed by atoms with Crippen molar-refractivity contribution in [2.45, 2.75) is 5.33 Å². The molecule has 0 radical (unpaired) electrons. The first-order valence-corrected chi connectivity index (χ1v) is 6.36. The summed E-state index contributed by atoms with van der Waals surface area (Å²) in [7, 11) is 1.58. The predicted molar refractivity (Wildman–Crippen MR) is 71.0 cm³/mol. The Bertz CT molecular complexity index is 525. The van der Waals surface area contributed by atoms with Gasteiger partial charge in [-0.05, 0) is 29.3 Å². The third kappa shape index (κ3) is 2.50. The van der Waals surface area contributed by atoms with E-state index in [1.165, 1.54) is 6.07 Å². The molecule has 1 nitrogen and oxygen atoms in total. The van der Waals surface area contributed by atoms with E-state index >= 15 is 0 Å². The maximum absolute atomic E-state index is 13.8. The molecule has 0 fully saturated rings. The average Bonchev–Trinajstić information content (AvgIpc) is 2.39. The first kappa shape index (κ1) is 12.1. The molecule has 0 aromatic heterocycles. The molecule has 0 saturated carbocycles. The lowest BCUT2D eigenvalue weighted by molar-refractivity contribution is 0.414. The van der Waals surface area contributed by atoms with E-state index in [-0.39, 0.29) is 5.82 Å². The summed E-state index contributed by atoms with van der Waals surface area (Å²) in [5.41, 5.74) is 2.51. The zero-order chi connectivity index (χ0) is 12.3. The van der Waals surface area contributed by atoms with Gasteiger partial charge in [-0.25, -0.2) is 4.39 Å². The van der Waals surface area contributed by atoms with Crippen molar-refractivity contribution < 1.29 is 9.13 Å². The molecule has 2 rings (SSSR count). The van der Waals surface area contributed by atoms with Gasteiger partial charge in [-0.2, -0.15) is 0 Å². The highest BCUT2D eigenvalue weighted by Gasteiger charge is 2.09. The number of hydrogen-bond donors (Lipinski definition) is 0. The summed E-state index contributed by atoms with van der Waals surface area (Å²) in [5, 5.41) is 0.694. The molecule has 0 aliphatic heterocycles. The Balaban J connectivity index is 2.59. The van der Waals surface area contributed by atoms with Crippen LogP contribution in [0.1, 0.15) is 5.56 Å². The predicted octanol–water partition coefficient (Wildman–Crippen LogP) is 4.40. The van der Waals surface area contributed by atoms with Gasteiger partial charge in [-0.15, -0.1) is 0 Å². The summed E-state index contributed by atoms with van der Waals surface area (Å²) in [6.45, 7) is 0. The van der Waals surface area contributed by atoms with E-state index in [0.29, 0.717) is 16.6 Å². The molecule has 0 bridgehead atoms. The lowest BCUT2D eigenvalue weighted by Crippen LogP contribution is -1.91. The van der Waals surface area contributed by atoms with Gasteiger partial charge in [0.1, 0.15) is 11.6 Å². The van der Waals surface area contributed by atoms with E-state index < -0.39 is 0 Å². The number of hydrogen-bond acceptors (Lipinski definition) is 1. The molecule has 0 unspecified atom stereocenters. The van der Waals surface area contributed by atoms with Crippen molar-refractivity contribution in [3.63, 3.8) is 0 Å². The second kappa shape index (κ2) is 5.32. The van der Waals surface area contributed by atoms with Gasteiger partial charge in [0.05, 0.1) is 7.11 Å². The summed E-state index contributed by atoms with van der Waals surface area (Å²) in [6, 6.07) is 12.5. The van der Waals surface area contributed by atoms with Crippen LogP contribution >= 0.6 is 15.9 Å². The molecule has 0 N–H and O–H groups in total. The quantitative estimate of drug-likeness (QED) is 0.763. The Morgan fingerprint density at radius 1 is 1.12 bits per heavy atom. The maximum atomic E-state index is 13.8. The van der Waals surface area contributed by atoms with Crippen molar-refractivity contribution in [1.82, 2.24) is 0 Å². The van der Waals surface area contributed by atoms with Crippen molar-refractivity contribution in [2.24, 2.45) is 0 Å². The number of ether oxygens (including phenoxy) is 1. The van der Waals surface area contributed by atoms with Crippen LogP contribution in [0.2, 0.25) is 0 Å². The Morgan fingerprint density at radius 2 is 1.88 bits per heavy atom. The first-order chi connectivity index (χ1) is 8.26. The molecule has 0 amide bonds. The Hall–Kier alpha value is -1.35. The Morgan fingerprint density at radius 3 is 2.59 bits per heavy atom. The van der Waals surface area contributed by atoms with Gasteiger partial charge in [0.2, 0.25) is 0 Å². The van der Waals surface area contributed by atoms with Crippen molar-refractivity contribution in [2.75, 3.05) is 7.11 Å². The lowest BCUT2D eigenvalue weighted by Gasteiger charge is -2.10. The summed E-state index contributed by atoms with van der Waals surface area (Å²) < 4.78 is 19.0. The lowest BCUT2D eigenvalue weighted by atomic mass is 10.00. The number of benzene rings is 2. The van der Waals surface area contributed by atoms with Crippen LogP contribution in [0.5, 0.6) is 5.75 Å². The van der Waals surface area contributed by atoms with Crippen LogP contribution < -0.4 is 4.74 Å². The monoisotopic (exact) mass is 294 g/mol. The van der Waals surface area contributed by atoms with Crippen molar-refractivity contribution in [3.05, 3.63) is 53.8 Å². The SMILES string of the molecule is COc1ccc(F)c(-c2ccccc2CBr)c1. The zero-order valence-electron chi connectivity index (χ0n) is 9.41. The van der Waals surface area contributed by atoms with Gasteiger partial charge >= 0.3 is 0 Å². The summed E-state index contributed by atoms with van der Waals surface area (Å²) in [4.78, 5) is 0. The molecule has 0 saturated heterocycles. The second-order valence-electron chi connectivity index (χ2n) is 3.64. The molecule has 2 aromatic rings. The van der Waals surface area contributed by atoms with Crippen LogP contribution in [0.3, 0.4) is 0 Å². The molecular formula is C14H12BrFO. The largest absolute Gasteiger partial charge is 0.497 e. The fourth-order valence-corrected chi connectivity index (χ4v) is 2.23. The number of methoxy groups -OCH3 is 1. The fraction of sp³-hybridized carbons (Fsp3) is 0.143. The first-order valence-electron chi connectivity index (χ1n) is 5.24. The molecule has 2 aromatic carbocycles. The highest BCUT2D eigenvalue weighted by molar-refractivity contribution is 9.08. The van der Waals surface area contributed by atoms with Crippen LogP contribution in [0.4, 0.5) is 4.39 Å². The van der Waals surface area contributed by atoms with E-state index in [0.717, 1.165) is 11.1 Å². The van der Waals surface area contributed by atoms with Gasteiger partial charge in [-0.1, -0.05) is 40.2 Å². The van der Waals surface area contributed by atoms with Crippen LogP contribution in [0.15, 0.2) is 42.5 Å². The van der Waals surface area contributed by atoms with E-state index in [1.807, 2.05) is 24.3 Å². The van der Waals surface area contributed by atoms with Crippen LogP contribution in [0, 0.1) is 5.82 Å². The third-order valence-electron chi connectivity index (χ3n) is 2.63. The molecule has 3 heteroatoms. The maximum Gasteiger partial charge on any atom is 0.131 e. The smallest absolute Gasteiger partial charge is 0.131 e. The van der Waals surface area contributed by atoms with Gasteiger partial charge in [0, 0.05) is 10.9 Å². The Labute approximate surface area is 108 Å². The molecule has 0 aliphatic carbocycles. The van der Waals surface area contributed by atoms with Gasteiger partial charge in [-0.3, -0.25) is 0 Å². The van der Waals surface area contributed by atoms with Crippen molar-refractivity contribution >= 4 is 15.9 Å². The standard InChI is InChI=1S/C14H12BrFO/c1-17-11-6-7-14(16)13(8-11)12-5-3-2-4-10(12)9-15/h2-8H,9H2,1H3. The topological polar surface area (TPSA) is 9.23 Å². The Kier molecular flexibility index (Phi) is 3.79. The molecule has 0 heterocycles. The van der Waals surface area contributed by atoms with Crippen molar-refractivity contribution in [3.8, 4) is 16.9 Å². The highest BCUT2D eigenvalue weighted by Crippen LogP contribution is 2.30. The van der Waals surface area contributed by atoms with Gasteiger partial charge in [0.15, 0.2) is 0 Å². The number of alkyl halides is 1.